The molecule has 2 aromatic rings. The first-order chi connectivity index (χ1) is 11.1. The van der Waals surface area contributed by atoms with Crippen molar-refractivity contribution < 1.29 is 4.79 Å². The number of aromatic amines is 1. The van der Waals surface area contributed by atoms with Crippen molar-refractivity contribution >= 4 is 45.8 Å². The fourth-order valence-electron chi connectivity index (χ4n) is 2.23. The van der Waals surface area contributed by atoms with Crippen LogP contribution in [-0.4, -0.2) is 26.4 Å². The molecule has 1 aromatic heterocycles. The quantitative estimate of drug-likeness (QED) is 0.535. The molecular formula is C15H17BrN4OS2. The van der Waals surface area contributed by atoms with Gasteiger partial charge in [-0.25, -0.2) is 0 Å². The van der Waals surface area contributed by atoms with Gasteiger partial charge in [0.25, 0.3) is 0 Å². The Morgan fingerprint density at radius 1 is 1.43 bits per heavy atom. The van der Waals surface area contributed by atoms with Gasteiger partial charge < -0.3 is 5.32 Å². The summed E-state index contributed by atoms with van der Waals surface area (Å²) in [6, 6.07) is 8.55. The van der Waals surface area contributed by atoms with E-state index in [-0.39, 0.29) is 5.91 Å². The fourth-order valence-corrected chi connectivity index (χ4v) is 3.65. The Morgan fingerprint density at radius 2 is 2.17 bits per heavy atom. The summed E-state index contributed by atoms with van der Waals surface area (Å²) in [5.41, 5.74) is 0. The summed E-state index contributed by atoms with van der Waals surface area (Å²) in [7, 11) is 0. The van der Waals surface area contributed by atoms with E-state index in [2.05, 4.69) is 31.4 Å². The molecule has 1 aliphatic carbocycles. The highest BCUT2D eigenvalue weighted by atomic mass is 79.9. The lowest BCUT2D eigenvalue weighted by Crippen LogP contribution is -2.25. The van der Waals surface area contributed by atoms with E-state index in [4.69, 9.17) is 12.2 Å². The summed E-state index contributed by atoms with van der Waals surface area (Å²) < 4.78 is 3.72. The van der Waals surface area contributed by atoms with Gasteiger partial charge in [-0.05, 0) is 49.3 Å². The number of benzene rings is 1. The van der Waals surface area contributed by atoms with E-state index in [1.54, 1.807) is 11.8 Å². The van der Waals surface area contributed by atoms with Gasteiger partial charge in [0, 0.05) is 27.6 Å². The summed E-state index contributed by atoms with van der Waals surface area (Å²) in [5, 5.41) is 9.94. The van der Waals surface area contributed by atoms with Crippen LogP contribution in [0.5, 0.6) is 0 Å². The Morgan fingerprint density at radius 3 is 2.87 bits per heavy atom. The van der Waals surface area contributed by atoms with Gasteiger partial charge in [-0.1, -0.05) is 15.9 Å². The molecule has 2 N–H and O–H groups in total. The summed E-state index contributed by atoms with van der Waals surface area (Å²) >= 11 is 10.3. The number of carbonyl (C=O) groups excluding carboxylic acids is 1. The molecule has 1 aliphatic rings. The molecule has 3 rings (SSSR count). The van der Waals surface area contributed by atoms with Crippen LogP contribution in [0.1, 0.15) is 31.1 Å². The number of aromatic nitrogens is 3. The van der Waals surface area contributed by atoms with Gasteiger partial charge in [0.15, 0.2) is 10.6 Å². The zero-order valence-electron chi connectivity index (χ0n) is 12.4. The summed E-state index contributed by atoms with van der Waals surface area (Å²) in [6.07, 6.45) is 2.76. The van der Waals surface area contributed by atoms with Gasteiger partial charge in [0.05, 0.1) is 6.54 Å². The predicted molar refractivity (Wildman–Crippen MR) is 97.0 cm³/mol. The van der Waals surface area contributed by atoms with E-state index >= 15 is 0 Å². The number of nitrogens with one attached hydrogen (secondary N) is 2. The fraction of sp³-hybridized carbons (Fsp3) is 0.400. The maximum atomic E-state index is 12.0. The maximum absolute atomic E-state index is 12.0. The van der Waals surface area contributed by atoms with Crippen LogP contribution < -0.4 is 5.32 Å². The van der Waals surface area contributed by atoms with Gasteiger partial charge in [-0.2, -0.15) is 5.10 Å². The number of hydrogen-bond donors (Lipinski definition) is 2. The zero-order chi connectivity index (χ0) is 16.2. The average molecular weight is 413 g/mol. The second-order valence-corrected chi connectivity index (χ2v) is 7.85. The Bertz CT molecular complexity index is 737. The molecule has 23 heavy (non-hydrogen) atoms. The first-order valence-corrected chi connectivity index (χ1v) is 9.63. The number of amides is 1. The molecule has 8 heteroatoms. The molecule has 1 amide bonds. The molecule has 1 saturated carbocycles. The van der Waals surface area contributed by atoms with Gasteiger partial charge in [0.1, 0.15) is 0 Å². The highest BCUT2D eigenvalue weighted by molar-refractivity contribution is 9.10. The van der Waals surface area contributed by atoms with E-state index in [9.17, 15) is 4.79 Å². The van der Waals surface area contributed by atoms with Crippen LogP contribution in [0.2, 0.25) is 0 Å². The maximum Gasteiger partial charge on any atom is 0.221 e. The van der Waals surface area contributed by atoms with Crippen molar-refractivity contribution in [3.63, 3.8) is 0 Å². The topological polar surface area (TPSA) is 62.7 Å². The van der Waals surface area contributed by atoms with Gasteiger partial charge >= 0.3 is 0 Å². The SMILES string of the molecule is O=C(CCSc1ccc(Br)cc1)NCc1n[nH]c(=S)n1C1CC1. The molecule has 1 fully saturated rings. The van der Waals surface area contributed by atoms with Gasteiger partial charge in [-0.15, -0.1) is 11.8 Å². The molecule has 1 heterocycles. The van der Waals surface area contributed by atoms with Crippen molar-refractivity contribution in [1.82, 2.24) is 20.1 Å². The highest BCUT2D eigenvalue weighted by Gasteiger charge is 2.27. The number of H-pyrrole nitrogens is 1. The number of halogens is 1. The summed E-state index contributed by atoms with van der Waals surface area (Å²) in [5.74, 6) is 1.60. The van der Waals surface area contributed by atoms with Gasteiger partial charge in [0.2, 0.25) is 5.91 Å². The molecule has 0 bridgehead atoms. The van der Waals surface area contributed by atoms with E-state index in [0.29, 0.717) is 23.8 Å². The number of carbonyl (C=O) groups is 1. The summed E-state index contributed by atoms with van der Waals surface area (Å²) in [6.45, 7) is 0.422. The molecule has 0 spiro atoms. The Hall–Kier alpha value is -1.12. The molecule has 5 nitrogen and oxygen atoms in total. The molecule has 0 unspecified atom stereocenters. The lowest BCUT2D eigenvalue weighted by atomic mass is 10.4. The van der Waals surface area contributed by atoms with Crippen LogP contribution in [0.3, 0.4) is 0 Å². The van der Waals surface area contributed by atoms with E-state index < -0.39 is 0 Å². The second kappa shape index (κ2) is 7.63. The van der Waals surface area contributed by atoms with E-state index in [1.807, 2.05) is 28.8 Å². The van der Waals surface area contributed by atoms with Crippen LogP contribution in [0.25, 0.3) is 0 Å². The Kier molecular flexibility index (Phi) is 5.55. The first-order valence-electron chi connectivity index (χ1n) is 7.44. The average Bonchev–Trinajstić information content (AvgIpc) is 3.30. The first kappa shape index (κ1) is 16.7. The normalized spacial score (nSPS) is 14.0. The lowest BCUT2D eigenvalue weighted by molar-refractivity contribution is -0.120. The number of hydrogen-bond acceptors (Lipinski definition) is 4. The van der Waals surface area contributed by atoms with Crippen LogP contribution in [0, 0.1) is 4.77 Å². The van der Waals surface area contributed by atoms with Crippen molar-refractivity contribution in [1.29, 1.82) is 0 Å². The molecule has 0 atom stereocenters. The van der Waals surface area contributed by atoms with Crippen molar-refractivity contribution in [2.75, 3.05) is 5.75 Å². The monoisotopic (exact) mass is 412 g/mol. The number of rotatable bonds is 7. The van der Waals surface area contributed by atoms with E-state index in [0.717, 1.165) is 33.8 Å². The second-order valence-electron chi connectivity index (χ2n) is 5.38. The van der Waals surface area contributed by atoms with E-state index in [1.165, 1.54) is 0 Å². The minimum atomic E-state index is 0.0332. The molecular weight excluding hydrogens is 396 g/mol. The third kappa shape index (κ3) is 4.68. The molecule has 1 aromatic carbocycles. The largest absolute Gasteiger partial charge is 0.349 e. The Labute approximate surface area is 152 Å². The molecule has 0 aliphatic heterocycles. The van der Waals surface area contributed by atoms with Crippen LogP contribution in [0.15, 0.2) is 33.6 Å². The van der Waals surface area contributed by atoms with Crippen molar-refractivity contribution in [2.45, 2.75) is 36.7 Å². The molecule has 0 radical (unpaired) electrons. The molecule has 0 saturated heterocycles. The summed E-state index contributed by atoms with van der Waals surface area (Å²) in [4.78, 5) is 13.1. The minimum Gasteiger partial charge on any atom is -0.349 e. The van der Waals surface area contributed by atoms with Crippen molar-refractivity contribution in [3.05, 3.63) is 39.3 Å². The van der Waals surface area contributed by atoms with Gasteiger partial charge in [-0.3, -0.25) is 14.5 Å². The third-order valence-corrected chi connectivity index (χ3v) is 5.38. The Balaban J connectivity index is 1.43. The third-order valence-electron chi connectivity index (χ3n) is 3.54. The smallest absolute Gasteiger partial charge is 0.221 e. The predicted octanol–water partition coefficient (Wildman–Crippen LogP) is 3.84. The molecule has 122 valence electrons. The van der Waals surface area contributed by atoms with Crippen LogP contribution in [-0.2, 0) is 11.3 Å². The number of thioether (sulfide) groups is 1. The standard InChI is InChI=1S/C15H17BrN4OS2/c16-10-1-5-12(6-2-10)23-8-7-14(21)17-9-13-18-19-15(22)20(13)11-3-4-11/h1-2,5-6,11H,3-4,7-9H2,(H,17,21)(H,19,22). The highest BCUT2D eigenvalue weighted by Crippen LogP contribution is 2.35. The van der Waals surface area contributed by atoms with Crippen molar-refractivity contribution in [3.8, 4) is 0 Å². The van der Waals surface area contributed by atoms with Crippen LogP contribution in [0.4, 0.5) is 0 Å². The zero-order valence-corrected chi connectivity index (χ0v) is 15.6. The lowest BCUT2D eigenvalue weighted by Gasteiger charge is -2.07. The van der Waals surface area contributed by atoms with Crippen LogP contribution >= 0.6 is 39.9 Å². The van der Waals surface area contributed by atoms with Crippen molar-refractivity contribution in [2.24, 2.45) is 0 Å². The minimum absolute atomic E-state index is 0.0332. The number of nitrogens with zero attached hydrogens (tertiary/aromatic N) is 2.